The van der Waals surface area contributed by atoms with Crippen molar-refractivity contribution in [1.82, 2.24) is 0 Å². The molecular formula is C25H16Cl2O3. The number of carbonyl (C=O) groups excluding carboxylic acids is 1. The third kappa shape index (κ3) is 4.65. The van der Waals surface area contributed by atoms with Crippen molar-refractivity contribution in [2.45, 2.75) is 0 Å². The molecule has 3 nitrogen and oxygen atoms in total. The van der Waals surface area contributed by atoms with E-state index in [1.165, 1.54) is 0 Å². The number of rotatable bonds is 6. The molecule has 0 aliphatic carbocycles. The van der Waals surface area contributed by atoms with Crippen LogP contribution in [0.25, 0.3) is 0 Å². The molecule has 0 saturated heterocycles. The first-order valence-electron chi connectivity index (χ1n) is 9.20. The third-order valence-electron chi connectivity index (χ3n) is 4.34. The van der Waals surface area contributed by atoms with Gasteiger partial charge in [-0.2, -0.15) is 0 Å². The van der Waals surface area contributed by atoms with E-state index < -0.39 is 0 Å². The number of hydrogen-bond acceptors (Lipinski definition) is 3. The molecule has 0 aliphatic rings. The van der Waals surface area contributed by atoms with E-state index in [0.29, 0.717) is 44.2 Å². The van der Waals surface area contributed by atoms with Crippen molar-refractivity contribution in [3.05, 3.63) is 118 Å². The highest BCUT2D eigenvalue weighted by atomic mass is 35.5. The molecule has 5 heteroatoms. The molecule has 4 rings (SSSR count). The zero-order valence-electron chi connectivity index (χ0n) is 15.7. The van der Waals surface area contributed by atoms with Crippen molar-refractivity contribution in [2.24, 2.45) is 0 Å². The number of carbonyl (C=O) groups is 1. The standard InChI is InChI=1S/C25H16Cl2O3/c26-21-16-24(22(27)15-23(21)29-19-9-5-2-6-10-19)30-20-13-11-18(12-14-20)25(28)17-7-3-1-4-8-17/h1-16H. The maximum Gasteiger partial charge on any atom is 0.193 e. The average Bonchev–Trinajstić information content (AvgIpc) is 2.78. The molecule has 0 aliphatic heterocycles. The number of benzene rings is 4. The van der Waals surface area contributed by atoms with Crippen LogP contribution in [0.5, 0.6) is 23.0 Å². The SMILES string of the molecule is O=C(c1ccccc1)c1ccc(Oc2cc(Cl)c(Oc3ccccc3)cc2Cl)cc1. The van der Waals surface area contributed by atoms with Gasteiger partial charge in [0.15, 0.2) is 5.78 Å². The fourth-order valence-electron chi connectivity index (χ4n) is 2.84. The Morgan fingerprint density at radius 3 is 1.53 bits per heavy atom. The Kier molecular flexibility index (Phi) is 6.03. The van der Waals surface area contributed by atoms with Crippen LogP contribution < -0.4 is 9.47 Å². The molecule has 0 spiro atoms. The van der Waals surface area contributed by atoms with Crippen LogP contribution >= 0.6 is 23.2 Å². The molecule has 0 heterocycles. The number of hydrogen-bond donors (Lipinski definition) is 0. The molecule has 0 fully saturated rings. The minimum atomic E-state index is -0.0503. The van der Waals surface area contributed by atoms with Crippen LogP contribution in [-0.4, -0.2) is 5.78 Å². The summed E-state index contributed by atoms with van der Waals surface area (Å²) in [6, 6.07) is 28.5. The van der Waals surface area contributed by atoms with Gasteiger partial charge in [0.25, 0.3) is 0 Å². The first-order valence-corrected chi connectivity index (χ1v) is 9.95. The van der Waals surface area contributed by atoms with Crippen LogP contribution in [0, 0.1) is 0 Å². The third-order valence-corrected chi connectivity index (χ3v) is 4.93. The Bertz CT molecular complexity index is 1160. The molecule has 4 aromatic carbocycles. The number of halogens is 2. The molecular weight excluding hydrogens is 419 g/mol. The summed E-state index contributed by atoms with van der Waals surface area (Å²) in [5, 5.41) is 0.726. The topological polar surface area (TPSA) is 35.5 Å². The van der Waals surface area contributed by atoms with Gasteiger partial charge < -0.3 is 9.47 Å². The molecule has 0 radical (unpaired) electrons. The lowest BCUT2D eigenvalue weighted by molar-refractivity contribution is 0.103. The smallest absolute Gasteiger partial charge is 0.193 e. The lowest BCUT2D eigenvalue weighted by Gasteiger charge is -2.12. The van der Waals surface area contributed by atoms with E-state index in [0.717, 1.165) is 0 Å². The summed E-state index contributed by atoms with van der Waals surface area (Å²) in [5.74, 6) is 1.97. The van der Waals surface area contributed by atoms with E-state index in [2.05, 4.69) is 0 Å². The van der Waals surface area contributed by atoms with Crippen molar-refractivity contribution in [3.63, 3.8) is 0 Å². The van der Waals surface area contributed by atoms with Gasteiger partial charge in [0, 0.05) is 23.3 Å². The van der Waals surface area contributed by atoms with Gasteiger partial charge in [-0.1, -0.05) is 71.7 Å². The second-order valence-electron chi connectivity index (χ2n) is 6.45. The lowest BCUT2D eigenvalue weighted by Crippen LogP contribution is -2.00. The number of ketones is 1. The van der Waals surface area contributed by atoms with Crippen LogP contribution in [-0.2, 0) is 0 Å². The fraction of sp³-hybridized carbons (Fsp3) is 0. The predicted molar refractivity (Wildman–Crippen MR) is 119 cm³/mol. The van der Waals surface area contributed by atoms with Gasteiger partial charge in [0.2, 0.25) is 0 Å². The summed E-state index contributed by atoms with van der Waals surface area (Å²) in [4.78, 5) is 12.5. The van der Waals surface area contributed by atoms with Crippen molar-refractivity contribution in [2.75, 3.05) is 0 Å². The molecule has 4 aromatic rings. The van der Waals surface area contributed by atoms with Crippen LogP contribution in [0.1, 0.15) is 15.9 Å². The largest absolute Gasteiger partial charge is 0.456 e. The lowest BCUT2D eigenvalue weighted by atomic mass is 10.0. The summed E-state index contributed by atoms with van der Waals surface area (Å²) in [6.07, 6.45) is 0. The van der Waals surface area contributed by atoms with Gasteiger partial charge in [-0.25, -0.2) is 0 Å². The van der Waals surface area contributed by atoms with Crippen molar-refractivity contribution >= 4 is 29.0 Å². The zero-order chi connectivity index (χ0) is 20.9. The van der Waals surface area contributed by atoms with Gasteiger partial charge in [0.05, 0.1) is 10.0 Å². The predicted octanol–water partition coefficient (Wildman–Crippen LogP) is 7.81. The molecule has 0 amide bonds. The maximum absolute atomic E-state index is 12.5. The van der Waals surface area contributed by atoms with E-state index >= 15 is 0 Å². The summed E-state index contributed by atoms with van der Waals surface area (Å²) < 4.78 is 11.6. The fourth-order valence-corrected chi connectivity index (χ4v) is 3.22. The summed E-state index contributed by atoms with van der Waals surface area (Å²) in [7, 11) is 0. The summed E-state index contributed by atoms with van der Waals surface area (Å²) >= 11 is 12.7. The molecule has 0 unspecified atom stereocenters. The van der Waals surface area contributed by atoms with Gasteiger partial charge in [-0.05, 0) is 36.4 Å². The maximum atomic E-state index is 12.5. The first kappa shape index (κ1) is 20.0. The Balaban J connectivity index is 1.50. The van der Waals surface area contributed by atoms with Crippen LogP contribution in [0.15, 0.2) is 97.1 Å². The first-order chi connectivity index (χ1) is 14.6. The number of para-hydroxylation sites is 1. The second-order valence-corrected chi connectivity index (χ2v) is 7.26. The highest BCUT2D eigenvalue weighted by molar-refractivity contribution is 6.35. The van der Waals surface area contributed by atoms with E-state index in [1.807, 2.05) is 48.5 Å². The quantitative estimate of drug-likeness (QED) is 0.290. The average molecular weight is 435 g/mol. The molecule has 30 heavy (non-hydrogen) atoms. The van der Waals surface area contributed by atoms with E-state index in [4.69, 9.17) is 32.7 Å². The Morgan fingerprint density at radius 1 is 0.567 bits per heavy atom. The molecule has 0 saturated carbocycles. The van der Waals surface area contributed by atoms with Crippen LogP contribution in [0.2, 0.25) is 10.0 Å². The van der Waals surface area contributed by atoms with Crippen molar-refractivity contribution in [1.29, 1.82) is 0 Å². The Labute approximate surface area is 184 Å². The molecule has 0 bridgehead atoms. The monoisotopic (exact) mass is 434 g/mol. The van der Waals surface area contributed by atoms with E-state index in [-0.39, 0.29) is 5.78 Å². The Hall–Kier alpha value is -3.27. The van der Waals surface area contributed by atoms with Gasteiger partial charge in [-0.15, -0.1) is 0 Å². The van der Waals surface area contributed by atoms with Crippen LogP contribution in [0.4, 0.5) is 0 Å². The Morgan fingerprint density at radius 2 is 1.00 bits per heavy atom. The van der Waals surface area contributed by atoms with Crippen LogP contribution in [0.3, 0.4) is 0 Å². The highest BCUT2D eigenvalue weighted by Crippen LogP contribution is 2.39. The van der Waals surface area contributed by atoms with Crippen molar-refractivity contribution in [3.8, 4) is 23.0 Å². The zero-order valence-corrected chi connectivity index (χ0v) is 17.2. The minimum absolute atomic E-state index is 0.0503. The highest BCUT2D eigenvalue weighted by Gasteiger charge is 2.13. The normalized spacial score (nSPS) is 10.5. The van der Waals surface area contributed by atoms with Gasteiger partial charge in [-0.3, -0.25) is 4.79 Å². The summed E-state index contributed by atoms with van der Waals surface area (Å²) in [6.45, 7) is 0. The molecule has 148 valence electrons. The molecule has 0 N–H and O–H groups in total. The summed E-state index contributed by atoms with van der Waals surface area (Å²) in [5.41, 5.74) is 1.21. The van der Waals surface area contributed by atoms with Crippen molar-refractivity contribution < 1.29 is 14.3 Å². The second kappa shape index (κ2) is 9.04. The minimum Gasteiger partial charge on any atom is -0.456 e. The van der Waals surface area contributed by atoms with Gasteiger partial charge >= 0.3 is 0 Å². The van der Waals surface area contributed by atoms with E-state index in [9.17, 15) is 4.79 Å². The number of ether oxygens (including phenoxy) is 2. The van der Waals surface area contributed by atoms with E-state index in [1.54, 1.807) is 48.5 Å². The van der Waals surface area contributed by atoms with Gasteiger partial charge in [0.1, 0.15) is 23.0 Å². The molecule has 0 aromatic heterocycles. The molecule has 0 atom stereocenters.